The van der Waals surface area contributed by atoms with Gasteiger partial charge in [-0.15, -0.1) is 0 Å². The maximum atomic E-state index is 5.94. The first kappa shape index (κ1) is 16.3. The molecular weight excluding hydrogens is 274 g/mol. The summed E-state index contributed by atoms with van der Waals surface area (Å²) in [6.07, 6.45) is 0. The van der Waals surface area contributed by atoms with E-state index in [1.807, 2.05) is 0 Å². The summed E-state index contributed by atoms with van der Waals surface area (Å²) in [4.78, 5) is 4.81. The van der Waals surface area contributed by atoms with Crippen LogP contribution in [0.2, 0.25) is 18.1 Å². The molecule has 1 aromatic rings. The molecule has 0 radical (unpaired) electrons. The van der Waals surface area contributed by atoms with Crippen LogP contribution in [0.5, 0.6) is 0 Å². The Morgan fingerprint density at radius 2 is 1.76 bits per heavy atom. The number of benzene rings is 1. The highest BCUT2D eigenvalue weighted by Crippen LogP contribution is 2.26. The topological polar surface area (TPSA) is 21.6 Å². The Morgan fingerprint density at radius 3 is 2.24 bits per heavy atom. The van der Waals surface area contributed by atoms with Crippen LogP contribution in [0.4, 0.5) is 0 Å². The minimum Gasteiger partial charge on any atom is -0.475 e. The molecule has 1 aliphatic rings. The Hall–Kier alpha value is -1.09. The second-order valence-corrected chi connectivity index (χ2v) is 12.1. The van der Waals surface area contributed by atoms with Gasteiger partial charge in [0.2, 0.25) is 5.90 Å². The minimum absolute atomic E-state index is 0.0909. The number of nitrogens with zero attached hydrogens (tertiary/aromatic N) is 1. The normalized spacial score (nSPS) is 17.5. The second-order valence-electron chi connectivity index (χ2n) is 6.91. The maximum absolute atomic E-state index is 5.94. The zero-order valence-corrected chi connectivity index (χ0v) is 15.4. The molecule has 0 bridgehead atoms. The van der Waals surface area contributed by atoms with Crippen molar-refractivity contribution in [2.45, 2.75) is 65.2 Å². The van der Waals surface area contributed by atoms with E-state index in [4.69, 9.17) is 9.73 Å². The van der Waals surface area contributed by atoms with Gasteiger partial charge in [0, 0.05) is 5.56 Å². The number of aryl methyl sites for hydroxylation is 1. The van der Waals surface area contributed by atoms with Crippen LogP contribution in [0.3, 0.4) is 0 Å². The van der Waals surface area contributed by atoms with Gasteiger partial charge in [-0.3, -0.25) is 0 Å². The quantitative estimate of drug-likeness (QED) is 0.745. The van der Waals surface area contributed by atoms with E-state index in [1.165, 1.54) is 29.3 Å². The van der Waals surface area contributed by atoms with E-state index in [2.05, 4.69) is 59.7 Å². The van der Waals surface area contributed by atoms with Gasteiger partial charge in [0.1, 0.15) is 6.61 Å². The molecule has 0 aromatic heterocycles. The van der Waals surface area contributed by atoms with Crippen molar-refractivity contribution in [3.05, 3.63) is 29.3 Å². The van der Waals surface area contributed by atoms with E-state index < -0.39 is 8.07 Å². The molecule has 2 rings (SSSR count). The van der Waals surface area contributed by atoms with Crippen molar-refractivity contribution in [1.29, 1.82) is 0 Å². The third-order valence-electron chi connectivity index (χ3n) is 4.97. The number of rotatable bonds is 5. The molecular formula is C18H29NOSi. The van der Waals surface area contributed by atoms with Crippen molar-refractivity contribution in [2.24, 2.45) is 4.99 Å². The van der Waals surface area contributed by atoms with Crippen LogP contribution >= 0.6 is 0 Å². The predicted octanol–water partition coefficient (Wildman–Crippen LogP) is 4.27. The van der Waals surface area contributed by atoms with Gasteiger partial charge < -0.3 is 4.74 Å². The fourth-order valence-electron chi connectivity index (χ4n) is 3.33. The summed E-state index contributed by atoms with van der Waals surface area (Å²) >= 11 is 0. The summed E-state index contributed by atoms with van der Waals surface area (Å²) in [6, 6.07) is 10.7. The van der Waals surface area contributed by atoms with Crippen LogP contribution in [0.25, 0.3) is 0 Å². The lowest BCUT2D eigenvalue weighted by Gasteiger charge is -2.31. The molecule has 21 heavy (non-hydrogen) atoms. The summed E-state index contributed by atoms with van der Waals surface area (Å²) < 4.78 is 5.94. The molecule has 0 saturated carbocycles. The predicted molar refractivity (Wildman–Crippen MR) is 94.6 cm³/mol. The lowest BCUT2D eigenvalue weighted by atomic mass is 10.1. The summed E-state index contributed by atoms with van der Waals surface area (Å²) in [6.45, 7) is 14.2. The Bertz CT molecular complexity index is 536. The summed E-state index contributed by atoms with van der Waals surface area (Å²) in [5.74, 6) is 0.863. The Balaban J connectivity index is 2.58. The molecule has 116 valence electrons. The molecule has 1 aliphatic heterocycles. The molecule has 2 nitrogen and oxygen atoms in total. The van der Waals surface area contributed by atoms with Gasteiger partial charge in [0.15, 0.2) is 0 Å². The smallest absolute Gasteiger partial charge is 0.216 e. The lowest BCUT2D eigenvalue weighted by molar-refractivity contribution is 0.279. The van der Waals surface area contributed by atoms with Gasteiger partial charge in [0.25, 0.3) is 0 Å². The van der Waals surface area contributed by atoms with E-state index in [9.17, 15) is 0 Å². The molecule has 0 fully saturated rings. The largest absolute Gasteiger partial charge is 0.475 e. The first-order valence-corrected chi connectivity index (χ1v) is 10.8. The average Bonchev–Trinajstić information content (AvgIpc) is 2.82. The second kappa shape index (κ2) is 5.96. The third-order valence-corrected chi connectivity index (χ3v) is 10.6. The van der Waals surface area contributed by atoms with Crippen LogP contribution in [0.1, 0.15) is 45.7 Å². The molecule has 0 spiro atoms. The molecule has 0 aliphatic carbocycles. The Kier molecular flexibility index (Phi) is 4.62. The molecule has 1 aromatic carbocycles. The van der Waals surface area contributed by atoms with Crippen molar-refractivity contribution < 1.29 is 4.74 Å². The standard InChI is InChI=1S/C18H29NOSi/c1-7-21(8-2,9-3)16-12-14(4)10-11-15(16)17-19-18(5,6)13-20-17/h10-12H,7-9,13H2,1-6H3. The van der Waals surface area contributed by atoms with E-state index in [0.29, 0.717) is 6.61 Å². The van der Waals surface area contributed by atoms with Crippen LogP contribution < -0.4 is 5.19 Å². The first-order chi connectivity index (χ1) is 9.87. The molecule has 0 unspecified atom stereocenters. The van der Waals surface area contributed by atoms with Gasteiger partial charge in [-0.2, -0.15) is 0 Å². The molecule has 0 N–H and O–H groups in total. The highest BCUT2D eigenvalue weighted by Gasteiger charge is 2.35. The minimum atomic E-state index is -1.44. The van der Waals surface area contributed by atoms with Crippen molar-refractivity contribution in [2.75, 3.05) is 6.61 Å². The van der Waals surface area contributed by atoms with Crippen molar-refractivity contribution in [3.8, 4) is 0 Å². The Morgan fingerprint density at radius 1 is 1.14 bits per heavy atom. The first-order valence-electron chi connectivity index (χ1n) is 8.21. The zero-order chi connectivity index (χ0) is 15.7. The van der Waals surface area contributed by atoms with Crippen molar-refractivity contribution in [1.82, 2.24) is 0 Å². The number of hydrogen-bond donors (Lipinski definition) is 0. The van der Waals surface area contributed by atoms with Crippen LogP contribution in [0.15, 0.2) is 23.2 Å². The summed E-state index contributed by atoms with van der Waals surface area (Å²) in [7, 11) is -1.44. The van der Waals surface area contributed by atoms with E-state index in [-0.39, 0.29) is 5.54 Å². The SMILES string of the molecule is CC[Si](CC)(CC)c1cc(C)ccc1C1=NC(C)(C)CO1. The van der Waals surface area contributed by atoms with E-state index >= 15 is 0 Å². The van der Waals surface area contributed by atoms with Crippen molar-refractivity contribution in [3.63, 3.8) is 0 Å². The zero-order valence-electron chi connectivity index (χ0n) is 14.4. The van der Waals surface area contributed by atoms with Crippen LogP contribution in [0, 0.1) is 6.92 Å². The third kappa shape index (κ3) is 3.08. The molecule has 0 atom stereocenters. The summed E-state index contributed by atoms with van der Waals surface area (Å²) in [5, 5.41) is 1.55. The van der Waals surface area contributed by atoms with Crippen LogP contribution in [-0.2, 0) is 4.74 Å². The van der Waals surface area contributed by atoms with Crippen molar-refractivity contribution >= 4 is 19.2 Å². The van der Waals surface area contributed by atoms with Gasteiger partial charge in [-0.05, 0) is 32.0 Å². The number of ether oxygens (including phenoxy) is 1. The highest BCUT2D eigenvalue weighted by molar-refractivity contribution is 6.92. The monoisotopic (exact) mass is 303 g/mol. The van der Waals surface area contributed by atoms with E-state index in [0.717, 1.165) is 5.90 Å². The van der Waals surface area contributed by atoms with E-state index in [1.54, 1.807) is 5.19 Å². The molecule has 0 amide bonds. The number of aliphatic imine (C=N–C) groups is 1. The fourth-order valence-corrected chi connectivity index (χ4v) is 7.27. The maximum Gasteiger partial charge on any atom is 0.216 e. The number of hydrogen-bond acceptors (Lipinski definition) is 2. The molecule has 1 heterocycles. The highest BCUT2D eigenvalue weighted by atomic mass is 28.3. The van der Waals surface area contributed by atoms with Gasteiger partial charge in [0.05, 0.1) is 13.6 Å². The molecule has 0 saturated heterocycles. The fraction of sp³-hybridized carbons (Fsp3) is 0.611. The van der Waals surface area contributed by atoms with Gasteiger partial charge >= 0.3 is 0 Å². The van der Waals surface area contributed by atoms with Gasteiger partial charge in [-0.1, -0.05) is 56.6 Å². The lowest BCUT2D eigenvalue weighted by Crippen LogP contribution is -2.48. The average molecular weight is 304 g/mol. The van der Waals surface area contributed by atoms with Crippen LogP contribution in [-0.4, -0.2) is 26.1 Å². The molecule has 3 heteroatoms. The summed E-state index contributed by atoms with van der Waals surface area (Å²) in [5.41, 5.74) is 2.51. The Labute approximate surface area is 130 Å². The van der Waals surface area contributed by atoms with Gasteiger partial charge in [-0.25, -0.2) is 4.99 Å².